The summed E-state index contributed by atoms with van der Waals surface area (Å²) in [6.07, 6.45) is 0. The Bertz CT molecular complexity index is 1650. The van der Waals surface area contributed by atoms with Gasteiger partial charge in [0.15, 0.2) is 10.7 Å². The predicted molar refractivity (Wildman–Crippen MR) is 151 cm³/mol. The Morgan fingerprint density at radius 3 is 2.63 bits per heavy atom. The number of carbonyl (C=O) groups excluding carboxylic acids is 1. The van der Waals surface area contributed by atoms with E-state index >= 15 is 0 Å². The first-order valence-corrected chi connectivity index (χ1v) is 12.4. The molecule has 0 aliphatic heterocycles. The van der Waals surface area contributed by atoms with Gasteiger partial charge in [0.2, 0.25) is 5.89 Å². The van der Waals surface area contributed by atoms with E-state index in [0.717, 1.165) is 16.7 Å². The second kappa shape index (κ2) is 10.7. The van der Waals surface area contributed by atoms with Crippen LogP contribution in [0.2, 0.25) is 0 Å². The van der Waals surface area contributed by atoms with Crippen molar-refractivity contribution in [3.8, 4) is 23.0 Å². The number of oxazole rings is 1. The molecule has 0 saturated carbocycles. The van der Waals surface area contributed by atoms with Gasteiger partial charge in [0.1, 0.15) is 23.6 Å². The number of carbonyl (C=O) groups is 1. The van der Waals surface area contributed by atoms with Crippen LogP contribution in [-0.4, -0.2) is 21.1 Å². The third-order valence-corrected chi connectivity index (χ3v) is 6.08. The van der Waals surface area contributed by atoms with Crippen LogP contribution in [0.3, 0.4) is 0 Å². The number of benzene rings is 4. The number of hydrogen-bond acceptors (Lipinski definition) is 6. The van der Waals surface area contributed by atoms with E-state index in [-0.39, 0.29) is 22.7 Å². The van der Waals surface area contributed by atoms with Gasteiger partial charge in [-0.1, -0.05) is 42.5 Å². The van der Waals surface area contributed by atoms with Gasteiger partial charge in [0, 0.05) is 11.3 Å². The number of rotatable bonds is 6. The Kier molecular flexibility index (Phi) is 7.06. The number of aromatic nitrogens is 1. The summed E-state index contributed by atoms with van der Waals surface area (Å²) in [5.74, 6) is 0.500. The quantitative estimate of drug-likeness (QED) is 0.172. The molecular weight excluding hydrogens is 498 g/mol. The van der Waals surface area contributed by atoms with E-state index in [1.54, 1.807) is 36.4 Å². The third-order valence-electron chi connectivity index (χ3n) is 5.88. The van der Waals surface area contributed by atoms with Crippen LogP contribution < -0.4 is 15.4 Å². The summed E-state index contributed by atoms with van der Waals surface area (Å²) >= 11 is 5.36. The molecule has 38 heavy (non-hydrogen) atoms. The fraction of sp³-hybridized carbons (Fsp3) is 0.100. The van der Waals surface area contributed by atoms with Crippen molar-refractivity contribution in [2.24, 2.45) is 0 Å². The minimum absolute atomic E-state index is 0.0127. The molecule has 7 nitrogen and oxygen atoms in total. The van der Waals surface area contributed by atoms with Crippen LogP contribution in [0.1, 0.15) is 27.0 Å². The van der Waals surface area contributed by atoms with Crippen molar-refractivity contribution in [2.45, 2.75) is 20.5 Å². The van der Waals surface area contributed by atoms with Gasteiger partial charge < -0.3 is 19.6 Å². The summed E-state index contributed by atoms with van der Waals surface area (Å²) in [6.45, 7) is 4.34. The maximum Gasteiger partial charge on any atom is 0.257 e. The third kappa shape index (κ3) is 5.66. The first kappa shape index (κ1) is 25.0. The van der Waals surface area contributed by atoms with Crippen molar-refractivity contribution in [1.82, 2.24) is 10.3 Å². The molecule has 0 radical (unpaired) electrons. The van der Waals surface area contributed by atoms with Crippen molar-refractivity contribution in [3.63, 3.8) is 0 Å². The van der Waals surface area contributed by atoms with Crippen LogP contribution in [0, 0.1) is 13.8 Å². The fourth-order valence-electron chi connectivity index (χ4n) is 4.08. The molecule has 3 N–H and O–H groups in total. The molecule has 4 aromatic carbocycles. The minimum atomic E-state index is -0.378. The Hall–Kier alpha value is -4.69. The van der Waals surface area contributed by atoms with Gasteiger partial charge in [-0.2, -0.15) is 0 Å². The summed E-state index contributed by atoms with van der Waals surface area (Å²) in [7, 11) is 0. The molecule has 1 heterocycles. The SMILES string of the molecule is Cc1cc(C)c2oc(-c3cc(NC(=S)NC(=O)c4cccc(OCc5ccccc5)c4)ccc3O)nc2c1. The average molecular weight is 524 g/mol. The Morgan fingerprint density at radius 1 is 1.00 bits per heavy atom. The van der Waals surface area contributed by atoms with Crippen molar-refractivity contribution >= 4 is 40.0 Å². The number of anilines is 1. The van der Waals surface area contributed by atoms with E-state index < -0.39 is 0 Å². The van der Waals surface area contributed by atoms with Gasteiger partial charge >= 0.3 is 0 Å². The highest BCUT2D eigenvalue weighted by Gasteiger charge is 2.16. The fourth-order valence-corrected chi connectivity index (χ4v) is 4.29. The van der Waals surface area contributed by atoms with Crippen molar-refractivity contribution in [1.29, 1.82) is 0 Å². The van der Waals surface area contributed by atoms with Gasteiger partial charge in [-0.15, -0.1) is 0 Å². The number of hydrogen-bond donors (Lipinski definition) is 3. The molecular formula is C30H25N3O4S. The molecule has 0 atom stereocenters. The molecule has 0 unspecified atom stereocenters. The number of thiocarbonyl (C=S) groups is 1. The molecule has 0 aliphatic carbocycles. The molecule has 0 bridgehead atoms. The molecule has 1 aromatic heterocycles. The summed E-state index contributed by atoms with van der Waals surface area (Å²) in [5.41, 5.74) is 5.81. The van der Waals surface area contributed by atoms with Gasteiger partial charge in [-0.25, -0.2) is 4.98 Å². The first-order chi connectivity index (χ1) is 18.4. The number of nitrogens with one attached hydrogen (secondary N) is 2. The minimum Gasteiger partial charge on any atom is -0.507 e. The maximum absolute atomic E-state index is 12.8. The lowest BCUT2D eigenvalue weighted by molar-refractivity contribution is 0.0977. The highest BCUT2D eigenvalue weighted by molar-refractivity contribution is 7.80. The summed E-state index contributed by atoms with van der Waals surface area (Å²) in [6, 6.07) is 25.5. The van der Waals surface area contributed by atoms with E-state index in [0.29, 0.717) is 40.3 Å². The molecule has 0 spiro atoms. The van der Waals surface area contributed by atoms with Crippen molar-refractivity contribution in [2.75, 3.05) is 5.32 Å². The lowest BCUT2D eigenvalue weighted by Crippen LogP contribution is -2.34. The van der Waals surface area contributed by atoms with Crippen LogP contribution in [0.4, 0.5) is 5.69 Å². The second-order valence-corrected chi connectivity index (χ2v) is 9.30. The number of ether oxygens (including phenoxy) is 1. The average Bonchev–Trinajstić information content (AvgIpc) is 3.33. The zero-order valence-corrected chi connectivity index (χ0v) is 21.6. The molecule has 190 valence electrons. The zero-order valence-electron chi connectivity index (χ0n) is 20.8. The molecule has 1 amide bonds. The monoisotopic (exact) mass is 523 g/mol. The van der Waals surface area contributed by atoms with Crippen LogP contribution in [0.25, 0.3) is 22.6 Å². The smallest absolute Gasteiger partial charge is 0.257 e. The van der Waals surface area contributed by atoms with E-state index in [4.69, 9.17) is 21.4 Å². The molecule has 8 heteroatoms. The van der Waals surface area contributed by atoms with Crippen molar-refractivity contribution < 1.29 is 19.1 Å². The Morgan fingerprint density at radius 2 is 1.82 bits per heavy atom. The zero-order chi connectivity index (χ0) is 26.6. The number of fused-ring (bicyclic) bond motifs is 1. The molecule has 0 fully saturated rings. The van der Waals surface area contributed by atoms with Gasteiger partial charge in [-0.05, 0) is 85.2 Å². The molecule has 5 aromatic rings. The highest BCUT2D eigenvalue weighted by Crippen LogP contribution is 2.34. The van der Waals surface area contributed by atoms with Crippen molar-refractivity contribution in [3.05, 3.63) is 107 Å². The van der Waals surface area contributed by atoms with Crippen LogP contribution >= 0.6 is 12.2 Å². The maximum atomic E-state index is 12.8. The number of phenolic OH excluding ortho intramolecular Hbond substituents is 1. The normalized spacial score (nSPS) is 10.8. The number of amides is 1. The second-order valence-electron chi connectivity index (χ2n) is 8.89. The van der Waals surface area contributed by atoms with Crippen LogP contribution in [-0.2, 0) is 6.61 Å². The number of phenols is 1. The highest BCUT2D eigenvalue weighted by atomic mass is 32.1. The van der Waals surface area contributed by atoms with Gasteiger partial charge in [0.25, 0.3) is 5.91 Å². The van der Waals surface area contributed by atoms with Crippen LogP contribution in [0.15, 0.2) is 89.3 Å². The van der Waals surface area contributed by atoms with Crippen LogP contribution in [0.5, 0.6) is 11.5 Å². The molecule has 0 saturated heterocycles. The van der Waals surface area contributed by atoms with Gasteiger partial charge in [-0.3, -0.25) is 10.1 Å². The van der Waals surface area contributed by atoms with Gasteiger partial charge in [0.05, 0.1) is 5.56 Å². The Balaban J connectivity index is 1.26. The molecule has 5 rings (SSSR count). The summed E-state index contributed by atoms with van der Waals surface area (Å²) < 4.78 is 11.8. The topological polar surface area (TPSA) is 96.6 Å². The van der Waals surface area contributed by atoms with E-state index in [2.05, 4.69) is 15.6 Å². The summed E-state index contributed by atoms with van der Waals surface area (Å²) in [4.78, 5) is 17.4. The first-order valence-electron chi connectivity index (χ1n) is 12.0. The van der Waals surface area contributed by atoms with E-state index in [1.807, 2.05) is 56.3 Å². The standard InChI is InChI=1S/C30H25N3O4S/c1-18-13-19(2)27-25(14-18)32-29(37-27)24-16-22(11-12-26(24)34)31-30(38)33-28(35)21-9-6-10-23(15-21)36-17-20-7-4-3-5-8-20/h3-16,34H,17H2,1-2H3,(H2,31,33,35,38). The Labute approximate surface area is 225 Å². The molecule has 0 aliphatic rings. The number of aromatic hydroxyl groups is 1. The van der Waals surface area contributed by atoms with E-state index in [1.165, 1.54) is 6.07 Å². The lowest BCUT2D eigenvalue weighted by atomic mass is 10.1. The number of nitrogens with zero attached hydrogens (tertiary/aromatic N) is 1. The summed E-state index contributed by atoms with van der Waals surface area (Å²) in [5, 5.41) is 16.2. The van der Waals surface area contributed by atoms with E-state index in [9.17, 15) is 9.90 Å². The number of aryl methyl sites for hydroxylation is 2. The predicted octanol–water partition coefficient (Wildman–Crippen LogP) is 6.52. The largest absolute Gasteiger partial charge is 0.507 e. The lowest BCUT2D eigenvalue weighted by Gasteiger charge is -2.12.